The smallest absolute Gasteiger partial charge is 0.258 e. The highest BCUT2D eigenvalue weighted by Crippen LogP contribution is 2.57. The number of benzene rings is 4. The molecule has 3 heterocycles. The zero-order valence-corrected chi connectivity index (χ0v) is 25.7. The average Bonchev–Trinajstić information content (AvgIpc) is 3.65. The number of rotatable bonds is 9. The minimum atomic E-state index is -0.933. The van der Waals surface area contributed by atoms with Gasteiger partial charge in [0.25, 0.3) is 5.91 Å². The lowest BCUT2D eigenvalue weighted by molar-refractivity contribution is -0.152. The first-order valence-corrected chi connectivity index (χ1v) is 15.7. The quantitative estimate of drug-likeness (QED) is 0.187. The van der Waals surface area contributed by atoms with E-state index in [0.717, 1.165) is 16.7 Å². The Kier molecular flexibility index (Phi) is 7.37. The number of hydrogen-bond donors (Lipinski definition) is 1. The average molecular weight is 617 g/mol. The van der Waals surface area contributed by atoms with E-state index in [-0.39, 0.29) is 23.8 Å². The third kappa shape index (κ3) is 4.85. The molecule has 1 aromatic heterocycles. The molecule has 9 nitrogen and oxygen atoms in total. The molecule has 3 atom stereocenters. The monoisotopic (exact) mass is 616 g/mol. The second-order valence-corrected chi connectivity index (χ2v) is 13.4. The Morgan fingerprint density at radius 3 is 1.89 bits per heavy atom. The number of β-lactam (4-membered cyclic amide) rings is 1. The number of amides is 2. The second-order valence-electron chi connectivity index (χ2n) is 11.7. The molecule has 2 aliphatic heterocycles. The summed E-state index contributed by atoms with van der Waals surface area (Å²) in [7, 11) is 0. The zero-order chi connectivity index (χ0) is 31.0. The van der Waals surface area contributed by atoms with Crippen molar-refractivity contribution in [3.8, 4) is 5.75 Å². The van der Waals surface area contributed by atoms with Crippen LogP contribution in [0.4, 0.5) is 0 Å². The summed E-state index contributed by atoms with van der Waals surface area (Å²) in [6.07, 6.45) is 0. The topological polar surface area (TPSA) is 102 Å². The zero-order valence-electron chi connectivity index (χ0n) is 24.9. The van der Waals surface area contributed by atoms with E-state index in [1.165, 1.54) is 0 Å². The van der Waals surface area contributed by atoms with E-state index in [2.05, 4.69) is 71.1 Å². The molecule has 3 unspecified atom stereocenters. The molecule has 0 saturated carbocycles. The number of nitrogens with one attached hydrogen (secondary N) is 1. The summed E-state index contributed by atoms with van der Waals surface area (Å²) in [6.45, 7) is 4.02. The molecule has 2 saturated heterocycles. The lowest BCUT2D eigenvalue weighted by Gasteiger charge is -2.45. The minimum absolute atomic E-state index is 0.171. The van der Waals surface area contributed by atoms with Gasteiger partial charge in [-0.1, -0.05) is 109 Å². The van der Waals surface area contributed by atoms with Gasteiger partial charge < -0.3 is 15.0 Å². The first-order chi connectivity index (χ1) is 21.9. The summed E-state index contributed by atoms with van der Waals surface area (Å²) >= 11 is 1.64. The van der Waals surface area contributed by atoms with E-state index in [0.29, 0.717) is 11.6 Å². The molecule has 226 valence electrons. The molecular formula is C35H32N6O3S. The Morgan fingerprint density at radius 2 is 1.36 bits per heavy atom. The van der Waals surface area contributed by atoms with Crippen molar-refractivity contribution in [2.24, 2.45) is 0 Å². The molecule has 45 heavy (non-hydrogen) atoms. The third-order valence-electron chi connectivity index (χ3n) is 8.50. The van der Waals surface area contributed by atoms with Crippen molar-refractivity contribution < 1.29 is 14.3 Å². The first-order valence-electron chi connectivity index (χ1n) is 14.8. The van der Waals surface area contributed by atoms with E-state index in [1.807, 2.05) is 82.4 Å². The van der Waals surface area contributed by atoms with E-state index in [4.69, 9.17) is 4.74 Å². The van der Waals surface area contributed by atoms with Gasteiger partial charge in [-0.05, 0) is 53.1 Å². The number of carbonyl (C=O) groups is 2. The number of para-hydroxylation sites is 1. The maximum atomic E-state index is 13.8. The fourth-order valence-electron chi connectivity index (χ4n) is 6.55. The first kappa shape index (κ1) is 28.8. The van der Waals surface area contributed by atoms with Crippen molar-refractivity contribution in [2.45, 2.75) is 41.6 Å². The van der Waals surface area contributed by atoms with Gasteiger partial charge in [-0.2, -0.15) is 0 Å². The number of nitrogens with zero attached hydrogens (tertiary/aromatic N) is 5. The van der Waals surface area contributed by atoms with Gasteiger partial charge in [0.15, 0.2) is 12.4 Å². The fraction of sp³-hybridized carbons (Fsp3) is 0.229. The molecule has 10 heteroatoms. The molecular weight excluding hydrogens is 584 g/mol. The van der Waals surface area contributed by atoms with Gasteiger partial charge in [0, 0.05) is 4.75 Å². The van der Waals surface area contributed by atoms with Gasteiger partial charge in [-0.25, -0.2) is 4.68 Å². The molecule has 2 amide bonds. The lowest BCUT2D eigenvalue weighted by atomic mass is 9.76. The maximum absolute atomic E-state index is 13.8. The molecule has 1 N–H and O–H groups in total. The summed E-state index contributed by atoms with van der Waals surface area (Å²) in [5, 5.41) is 16.2. The van der Waals surface area contributed by atoms with Crippen LogP contribution in [0.2, 0.25) is 0 Å². The number of aromatic nitrogens is 4. The Hall–Kier alpha value is -4.96. The van der Waals surface area contributed by atoms with Crippen LogP contribution >= 0.6 is 11.8 Å². The number of hydrogen-bond acceptors (Lipinski definition) is 7. The Morgan fingerprint density at radius 1 is 0.844 bits per heavy atom. The molecule has 0 radical (unpaired) electrons. The van der Waals surface area contributed by atoms with Crippen LogP contribution in [0.25, 0.3) is 0 Å². The highest BCUT2D eigenvalue weighted by atomic mass is 32.2. The lowest BCUT2D eigenvalue weighted by Crippen LogP contribution is -2.68. The van der Waals surface area contributed by atoms with Gasteiger partial charge >= 0.3 is 0 Å². The summed E-state index contributed by atoms with van der Waals surface area (Å²) in [6, 6.07) is 38.6. The summed E-state index contributed by atoms with van der Waals surface area (Å²) in [5.74, 6) is 0.642. The Bertz CT molecular complexity index is 1700. The maximum Gasteiger partial charge on any atom is 0.258 e. The largest absolute Gasteiger partial charge is 0.484 e. The molecule has 0 spiro atoms. The highest BCUT2D eigenvalue weighted by molar-refractivity contribution is 8.01. The van der Waals surface area contributed by atoms with Crippen molar-refractivity contribution in [2.75, 3.05) is 6.61 Å². The second kappa shape index (κ2) is 11.5. The van der Waals surface area contributed by atoms with E-state index in [1.54, 1.807) is 23.9 Å². The van der Waals surface area contributed by atoms with Crippen molar-refractivity contribution in [1.29, 1.82) is 0 Å². The van der Waals surface area contributed by atoms with E-state index >= 15 is 0 Å². The highest BCUT2D eigenvalue weighted by Gasteiger charge is 2.64. The predicted molar refractivity (Wildman–Crippen MR) is 171 cm³/mol. The van der Waals surface area contributed by atoms with Crippen LogP contribution in [-0.4, -0.2) is 59.7 Å². The van der Waals surface area contributed by atoms with E-state index < -0.39 is 22.4 Å². The Labute approximate surface area is 265 Å². The Balaban J connectivity index is 1.27. The van der Waals surface area contributed by atoms with Gasteiger partial charge in [-0.15, -0.1) is 16.9 Å². The third-order valence-corrected chi connectivity index (χ3v) is 10.1. The van der Waals surface area contributed by atoms with Crippen LogP contribution < -0.4 is 10.1 Å². The van der Waals surface area contributed by atoms with Crippen LogP contribution in [0.5, 0.6) is 5.75 Å². The summed E-state index contributed by atoms with van der Waals surface area (Å²) in [4.78, 5) is 28.4. The molecule has 2 fully saturated rings. The van der Waals surface area contributed by atoms with Crippen LogP contribution in [0, 0.1) is 0 Å². The molecule has 0 bridgehead atoms. The van der Waals surface area contributed by atoms with Crippen molar-refractivity contribution in [3.63, 3.8) is 0 Å². The molecule has 4 aromatic carbocycles. The number of carbonyl (C=O) groups excluding carboxylic acids is 2. The van der Waals surface area contributed by atoms with Gasteiger partial charge in [-0.3, -0.25) is 9.59 Å². The molecule has 2 aliphatic rings. The van der Waals surface area contributed by atoms with Gasteiger partial charge in [0.1, 0.15) is 28.7 Å². The number of fused-ring (bicyclic) bond motifs is 1. The van der Waals surface area contributed by atoms with Crippen LogP contribution in [-0.2, 0) is 15.1 Å². The van der Waals surface area contributed by atoms with Crippen molar-refractivity contribution in [3.05, 3.63) is 144 Å². The summed E-state index contributed by atoms with van der Waals surface area (Å²) < 4.78 is 7.03. The van der Waals surface area contributed by atoms with Crippen molar-refractivity contribution in [1.82, 2.24) is 30.4 Å². The number of ether oxygens (including phenoxy) is 1. The molecule has 0 aliphatic carbocycles. The number of thioether (sulfide) groups is 1. The standard InChI is InChI=1S/C35H32N6O3S/c1-34(2)30(40-32(43)29(33(40)45-34)36-28(42)23-44-27-21-13-6-14-22-27)31-37-38-39-41(31)35(24-15-7-3-8-16-24,25-17-9-4-10-18-25)26-19-11-5-12-20-26/h3-22,29-30,33H,23H2,1-2H3,(H,36,42). The van der Waals surface area contributed by atoms with Gasteiger partial charge in [0.2, 0.25) is 5.91 Å². The fourth-order valence-corrected chi connectivity index (χ4v) is 8.18. The van der Waals surface area contributed by atoms with Crippen molar-refractivity contribution >= 4 is 23.6 Å². The number of tetrazole rings is 1. The SMILES string of the molecule is CC1(C)SC2C(NC(=O)COc3ccccc3)C(=O)N2C1c1nnnn1C(c1ccccc1)(c1ccccc1)c1ccccc1. The normalized spacial score (nSPS) is 20.3. The minimum Gasteiger partial charge on any atom is -0.484 e. The van der Waals surface area contributed by atoms with Crippen LogP contribution in [0.3, 0.4) is 0 Å². The molecule has 5 aromatic rings. The van der Waals surface area contributed by atoms with Crippen LogP contribution in [0.1, 0.15) is 42.4 Å². The van der Waals surface area contributed by atoms with Crippen LogP contribution in [0.15, 0.2) is 121 Å². The summed E-state index contributed by atoms with van der Waals surface area (Å²) in [5.41, 5.74) is 2.01. The molecule has 7 rings (SSSR count). The van der Waals surface area contributed by atoms with E-state index in [9.17, 15) is 9.59 Å². The van der Waals surface area contributed by atoms with Gasteiger partial charge in [0.05, 0.1) is 0 Å². The predicted octanol–water partition coefficient (Wildman–Crippen LogP) is 4.81.